The van der Waals surface area contributed by atoms with Gasteiger partial charge in [0.15, 0.2) is 0 Å². The summed E-state index contributed by atoms with van der Waals surface area (Å²) < 4.78 is 5.04. The number of carbonyl (C=O) groups is 1. The van der Waals surface area contributed by atoms with Gasteiger partial charge in [0.25, 0.3) is 0 Å². The van der Waals surface area contributed by atoms with Gasteiger partial charge in [-0.05, 0) is 23.6 Å². The lowest BCUT2D eigenvalue weighted by molar-refractivity contribution is -0.137. The van der Waals surface area contributed by atoms with Crippen LogP contribution in [0.5, 0.6) is 0 Å². The zero-order chi connectivity index (χ0) is 20.6. The van der Waals surface area contributed by atoms with Crippen LogP contribution in [0.3, 0.4) is 0 Å². The van der Waals surface area contributed by atoms with Crippen molar-refractivity contribution in [2.24, 2.45) is 0 Å². The van der Waals surface area contributed by atoms with Gasteiger partial charge in [0.05, 0.1) is 18.7 Å². The summed E-state index contributed by atoms with van der Waals surface area (Å²) in [5.41, 5.74) is 3.80. The first-order valence-electron chi connectivity index (χ1n) is 9.78. The summed E-state index contributed by atoms with van der Waals surface area (Å²) in [6, 6.07) is 30.4. The van der Waals surface area contributed by atoms with Gasteiger partial charge in [0.2, 0.25) is 0 Å². The molecule has 0 aliphatic carbocycles. The molecule has 0 heterocycles. The monoisotopic (exact) mass is 385 g/mol. The second-order valence-electron chi connectivity index (χ2n) is 7.07. The van der Waals surface area contributed by atoms with Crippen LogP contribution in [0.4, 0.5) is 0 Å². The Morgan fingerprint density at radius 2 is 1.34 bits per heavy atom. The molecule has 148 valence electrons. The van der Waals surface area contributed by atoms with Crippen LogP contribution in [-0.4, -0.2) is 18.0 Å². The standard InChI is InChI=1S/C26H27NO2/c1-20(26(28)29-3)25(24-17-11-6-12-18-24)27(19-22-13-7-4-8-14-22)21(2)23-15-9-5-10-16-23/h4-18,21,25H,1,19H2,2-3H3/t21-,25+/m0/s1. The van der Waals surface area contributed by atoms with Crippen LogP contribution in [0.2, 0.25) is 0 Å². The first-order chi connectivity index (χ1) is 14.1. The summed E-state index contributed by atoms with van der Waals surface area (Å²) >= 11 is 0. The second-order valence-corrected chi connectivity index (χ2v) is 7.07. The minimum absolute atomic E-state index is 0.0584. The molecule has 0 aliphatic rings. The number of carbonyl (C=O) groups excluding carboxylic acids is 1. The number of benzene rings is 3. The molecule has 29 heavy (non-hydrogen) atoms. The summed E-state index contributed by atoms with van der Waals surface area (Å²) in [6.45, 7) is 6.96. The van der Waals surface area contributed by atoms with Crippen molar-refractivity contribution in [3.63, 3.8) is 0 Å². The first kappa shape index (κ1) is 20.6. The van der Waals surface area contributed by atoms with Gasteiger partial charge in [-0.3, -0.25) is 4.90 Å². The van der Waals surface area contributed by atoms with Gasteiger partial charge >= 0.3 is 5.97 Å². The average Bonchev–Trinajstić information content (AvgIpc) is 2.79. The molecule has 3 aromatic carbocycles. The van der Waals surface area contributed by atoms with E-state index < -0.39 is 5.97 Å². The Bertz CT molecular complexity index is 923. The summed E-state index contributed by atoms with van der Waals surface area (Å²) in [7, 11) is 1.40. The molecule has 0 N–H and O–H groups in total. The highest BCUT2D eigenvalue weighted by Crippen LogP contribution is 2.36. The van der Waals surface area contributed by atoms with Gasteiger partial charge in [-0.2, -0.15) is 0 Å². The van der Waals surface area contributed by atoms with Crippen molar-refractivity contribution in [2.45, 2.75) is 25.6 Å². The molecule has 0 spiro atoms. The third kappa shape index (κ3) is 5.01. The van der Waals surface area contributed by atoms with E-state index in [9.17, 15) is 4.79 Å². The Kier molecular flexibility index (Phi) is 6.99. The van der Waals surface area contributed by atoms with Crippen LogP contribution in [0, 0.1) is 0 Å². The Morgan fingerprint density at radius 1 is 0.862 bits per heavy atom. The Balaban J connectivity index is 2.08. The fourth-order valence-corrected chi connectivity index (χ4v) is 3.64. The minimum Gasteiger partial charge on any atom is -0.466 e. The van der Waals surface area contributed by atoms with E-state index in [0.717, 1.165) is 5.56 Å². The van der Waals surface area contributed by atoms with Crippen molar-refractivity contribution in [1.82, 2.24) is 4.90 Å². The molecule has 0 unspecified atom stereocenters. The van der Waals surface area contributed by atoms with Gasteiger partial charge in [-0.25, -0.2) is 4.79 Å². The number of ether oxygens (including phenoxy) is 1. The van der Waals surface area contributed by atoms with E-state index in [1.54, 1.807) is 0 Å². The Morgan fingerprint density at radius 3 is 1.86 bits per heavy atom. The number of rotatable bonds is 8. The highest BCUT2D eigenvalue weighted by molar-refractivity contribution is 5.89. The number of methoxy groups -OCH3 is 1. The topological polar surface area (TPSA) is 29.5 Å². The highest BCUT2D eigenvalue weighted by atomic mass is 16.5. The van der Waals surface area contributed by atoms with E-state index in [-0.39, 0.29) is 12.1 Å². The van der Waals surface area contributed by atoms with E-state index in [4.69, 9.17) is 4.74 Å². The maximum Gasteiger partial charge on any atom is 0.335 e. The van der Waals surface area contributed by atoms with Crippen LogP contribution in [0.25, 0.3) is 0 Å². The summed E-state index contributed by atoms with van der Waals surface area (Å²) in [6.07, 6.45) is 0. The third-order valence-electron chi connectivity index (χ3n) is 5.21. The van der Waals surface area contributed by atoms with Crippen molar-refractivity contribution in [1.29, 1.82) is 0 Å². The van der Waals surface area contributed by atoms with Crippen molar-refractivity contribution < 1.29 is 9.53 Å². The molecule has 0 fully saturated rings. The fourth-order valence-electron chi connectivity index (χ4n) is 3.64. The minimum atomic E-state index is -0.392. The first-order valence-corrected chi connectivity index (χ1v) is 9.78. The SMILES string of the molecule is C=C(C(=O)OC)[C@H](c1ccccc1)N(Cc1ccccc1)[C@@H](C)c1ccccc1. The van der Waals surface area contributed by atoms with Crippen LogP contribution in [0.15, 0.2) is 103 Å². The van der Waals surface area contributed by atoms with Gasteiger partial charge in [-0.15, -0.1) is 0 Å². The predicted molar refractivity (Wildman–Crippen MR) is 117 cm³/mol. The van der Waals surface area contributed by atoms with E-state index in [1.165, 1.54) is 18.2 Å². The Labute approximate surface area is 173 Å². The molecule has 0 bridgehead atoms. The normalized spacial score (nSPS) is 12.9. The van der Waals surface area contributed by atoms with Crippen molar-refractivity contribution in [3.8, 4) is 0 Å². The molecule has 2 atom stereocenters. The van der Waals surface area contributed by atoms with E-state index in [2.05, 4.69) is 42.7 Å². The van der Waals surface area contributed by atoms with E-state index in [0.29, 0.717) is 12.1 Å². The van der Waals surface area contributed by atoms with Gasteiger partial charge in [0.1, 0.15) is 0 Å². The molecule has 3 nitrogen and oxygen atoms in total. The van der Waals surface area contributed by atoms with Gasteiger partial charge < -0.3 is 4.74 Å². The van der Waals surface area contributed by atoms with E-state index >= 15 is 0 Å². The summed E-state index contributed by atoms with van der Waals surface area (Å²) in [5, 5.41) is 0. The van der Waals surface area contributed by atoms with Crippen LogP contribution in [-0.2, 0) is 16.1 Å². The molecular formula is C26H27NO2. The van der Waals surface area contributed by atoms with Crippen LogP contribution >= 0.6 is 0 Å². The number of hydrogen-bond acceptors (Lipinski definition) is 3. The summed E-state index contributed by atoms with van der Waals surface area (Å²) in [5.74, 6) is -0.392. The van der Waals surface area contributed by atoms with Crippen molar-refractivity contribution in [3.05, 3.63) is 120 Å². The molecular weight excluding hydrogens is 358 g/mol. The van der Waals surface area contributed by atoms with Gasteiger partial charge in [0, 0.05) is 12.6 Å². The quantitative estimate of drug-likeness (QED) is 0.367. The number of nitrogens with zero attached hydrogens (tertiary/aromatic N) is 1. The lowest BCUT2D eigenvalue weighted by Gasteiger charge is -2.37. The molecule has 0 aromatic heterocycles. The van der Waals surface area contributed by atoms with Crippen LogP contribution < -0.4 is 0 Å². The molecule has 0 aliphatic heterocycles. The molecule has 0 saturated heterocycles. The molecule has 3 heteroatoms. The highest BCUT2D eigenvalue weighted by Gasteiger charge is 2.31. The summed E-state index contributed by atoms with van der Waals surface area (Å²) in [4.78, 5) is 14.8. The number of esters is 1. The van der Waals surface area contributed by atoms with Gasteiger partial charge in [-0.1, -0.05) is 97.6 Å². The maximum absolute atomic E-state index is 12.5. The molecule has 0 saturated carbocycles. The molecule has 3 rings (SSSR count). The molecule has 0 radical (unpaired) electrons. The third-order valence-corrected chi connectivity index (χ3v) is 5.21. The Hall–Kier alpha value is -3.17. The molecule has 3 aromatic rings. The second kappa shape index (κ2) is 9.85. The zero-order valence-corrected chi connectivity index (χ0v) is 17.0. The van der Waals surface area contributed by atoms with Crippen molar-refractivity contribution >= 4 is 5.97 Å². The maximum atomic E-state index is 12.5. The zero-order valence-electron chi connectivity index (χ0n) is 17.0. The van der Waals surface area contributed by atoms with Crippen molar-refractivity contribution in [2.75, 3.05) is 7.11 Å². The average molecular weight is 386 g/mol. The van der Waals surface area contributed by atoms with E-state index in [1.807, 2.05) is 66.7 Å². The predicted octanol–water partition coefficient (Wildman–Crippen LogP) is 5.72. The number of hydrogen-bond donors (Lipinski definition) is 0. The largest absolute Gasteiger partial charge is 0.466 e. The fraction of sp³-hybridized carbons (Fsp3) is 0.192. The lowest BCUT2D eigenvalue weighted by atomic mass is 9.94. The smallest absolute Gasteiger partial charge is 0.335 e. The lowest BCUT2D eigenvalue weighted by Crippen LogP contribution is -2.34. The van der Waals surface area contributed by atoms with Crippen LogP contribution in [0.1, 0.15) is 35.7 Å². The molecule has 0 amide bonds.